The Balaban J connectivity index is 1.17. The van der Waals surface area contributed by atoms with Crippen LogP contribution in [0.5, 0.6) is 0 Å². The van der Waals surface area contributed by atoms with Crippen LogP contribution in [0.2, 0.25) is 0 Å². The summed E-state index contributed by atoms with van der Waals surface area (Å²) in [5.41, 5.74) is 17.5. The van der Waals surface area contributed by atoms with Gasteiger partial charge in [-0.3, -0.25) is 4.98 Å². The van der Waals surface area contributed by atoms with Gasteiger partial charge in [-0.25, -0.2) is 0 Å². The maximum atomic E-state index is 11.7. The average Bonchev–Trinajstić information content (AvgIpc) is 3.89. The van der Waals surface area contributed by atoms with Gasteiger partial charge in [0.1, 0.15) is 11.6 Å². The number of para-hydroxylation sites is 2. The van der Waals surface area contributed by atoms with Crippen molar-refractivity contribution in [1.29, 1.82) is 5.26 Å². The molecule has 0 aliphatic carbocycles. The van der Waals surface area contributed by atoms with Gasteiger partial charge >= 0.3 is 0 Å². The van der Waals surface area contributed by atoms with Gasteiger partial charge in [0.2, 0.25) is 0 Å². The summed E-state index contributed by atoms with van der Waals surface area (Å²) in [6, 6.07) is 80.2. The number of rotatable bonds is 7. The molecule has 12 rings (SSSR count). The van der Waals surface area contributed by atoms with Gasteiger partial charge in [0.15, 0.2) is 0 Å². The Morgan fingerprint density at radius 2 is 0.812 bits per heavy atom. The van der Waals surface area contributed by atoms with E-state index < -0.39 is 0 Å². The molecule has 0 spiro atoms. The van der Waals surface area contributed by atoms with Crippen LogP contribution < -0.4 is 0 Å². The Morgan fingerprint density at radius 1 is 0.328 bits per heavy atom. The summed E-state index contributed by atoms with van der Waals surface area (Å²) in [7, 11) is 0. The van der Waals surface area contributed by atoms with Crippen LogP contribution in [0, 0.1) is 11.3 Å². The number of fused-ring (bicyclic) bond motifs is 6. The minimum absolute atomic E-state index is 0.577. The molecule has 0 saturated carbocycles. The lowest BCUT2D eigenvalue weighted by molar-refractivity contribution is 1.12. The summed E-state index contributed by atoms with van der Waals surface area (Å²) in [6.07, 6.45) is 3.67. The molecule has 0 atom stereocenters. The van der Waals surface area contributed by atoms with Crippen LogP contribution in [0.25, 0.3) is 111 Å². The van der Waals surface area contributed by atoms with Gasteiger partial charge in [-0.1, -0.05) is 170 Å². The van der Waals surface area contributed by atoms with Gasteiger partial charge in [-0.15, -0.1) is 0 Å². The van der Waals surface area contributed by atoms with E-state index in [2.05, 4.69) is 226 Å². The van der Waals surface area contributed by atoms with E-state index in [1.807, 2.05) is 24.5 Å². The molecule has 3 heterocycles. The highest BCUT2D eigenvalue weighted by molar-refractivity contribution is 6.17. The predicted molar refractivity (Wildman–Crippen MR) is 265 cm³/mol. The van der Waals surface area contributed by atoms with Crippen LogP contribution in [0.3, 0.4) is 0 Å². The smallest absolute Gasteiger partial charge is 0.104 e. The highest BCUT2D eigenvalue weighted by atomic mass is 15.0. The molecule has 298 valence electrons. The number of hydrogen-bond acceptors (Lipinski definition) is 2. The molecule has 3 aromatic heterocycles. The fraction of sp³-hybridized carbons (Fsp3) is 0. The fourth-order valence-electron chi connectivity index (χ4n) is 9.88. The zero-order chi connectivity index (χ0) is 42.6. The minimum atomic E-state index is 0.577. The highest BCUT2D eigenvalue weighted by Gasteiger charge is 2.24. The number of hydrogen-bond donors (Lipinski definition) is 0. The summed E-state index contributed by atoms with van der Waals surface area (Å²) in [5.74, 6) is 0. The molecule has 0 aliphatic rings. The highest BCUT2D eigenvalue weighted by Crippen LogP contribution is 2.45. The summed E-state index contributed by atoms with van der Waals surface area (Å²) in [5, 5.41) is 16.2. The molecule has 4 nitrogen and oxygen atoms in total. The first-order valence-electron chi connectivity index (χ1n) is 21.6. The van der Waals surface area contributed by atoms with Crippen molar-refractivity contribution in [3.63, 3.8) is 0 Å². The normalized spacial score (nSPS) is 11.4. The second-order valence-corrected chi connectivity index (χ2v) is 16.2. The van der Waals surface area contributed by atoms with E-state index in [4.69, 9.17) is 0 Å². The minimum Gasteiger partial charge on any atom is -0.308 e. The van der Waals surface area contributed by atoms with Gasteiger partial charge in [-0.2, -0.15) is 5.26 Å². The zero-order valence-corrected chi connectivity index (χ0v) is 34.7. The van der Waals surface area contributed by atoms with Crippen molar-refractivity contribution in [1.82, 2.24) is 14.1 Å². The van der Waals surface area contributed by atoms with Crippen molar-refractivity contribution in [3.8, 4) is 73.1 Å². The van der Waals surface area contributed by atoms with Gasteiger partial charge in [0.05, 0.1) is 33.4 Å². The van der Waals surface area contributed by atoms with Crippen molar-refractivity contribution < 1.29 is 0 Å². The number of aromatic nitrogens is 3. The molecule has 0 radical (unpaired) electrons. The van der Waals surface area contributed by atoms with E-state index in [0.29, 0.717) is 5.56 Å². The van der Waals surface area contributed by atoms with Crippen LogP contribution in [0.4, 0.5) is 0 Å². The second-order valence-electron chi connectivity index (χ2n) is 16.2. The van der Waals surface area contributed by atoms with Gasteiger partial charge in [0.25, 0.3) is 0 Å². The van der Waals surface area contributed by atoms with Crippen molar-refractivity contribution >= 4 is 43.6 Å². The Kier molecular flexibility index (Phi) is 8.84. The van der Waals surface area contributed by atoms with E-state index >= 15 is 0 Å². The third kappa shape index (κ3) is 5.95. The van der Waals surface area contributed by atoms with E-state index in [1.165, 1.54) is 11.1 Å². The number of benzene rings is 9. The first kappa shape index (κ1) is 37.0. The molecular formula is C60H38N4. The van der Waals surface area contributed by atoms with Crippen molar-refractivity contribution in [2.24, 2.45) is 0 Å². The Bertz CT molecular complexity index is 3750. The summed E-state index contributed by atoms with van der Waals surface area (Å²) in [6.45, 7) is 0. The molecule has 9 aromatic carbocycles. The summed E-state index contributed by atoms with van der Waals surface area (Å²) < 4.78 is 4.61. The molecule has 0 unspecified atom stereocenters. The van der Waals surface area contributed by atoms with E-state index in [9.17, 15) is 5.26 Å². The molecule has 0 aliphatic heterocycles. The quantitative estimate of drug-likeness (QED) is 0.161. The topological polar surface area (TPSA) is 46.5 Å². The first-order valence-corrected chi connectivity index (χ1v) is 21.6. The number of nitriles is 1. The lowest BCUT2D eigenvalue weighted by Crippen LogP contribution is -2.05. The third-order valence-corrected chi connectivity index (χ3v) is 12.7. The number of pyridine rings is 1. The molecule has 12 aromatic rings. The standard InChI is InChI=1S/C60H38N4/c61-39-53-58(63-55-28-14-12-25-52(55)60-51(26-15-29-56(60)63)48-23-10-9-21-46(48)42-18-5-2-6-19-42)37-44(40-32-34-62-35-33-40)38-59(53)64-54-27-13-11-24-49(54)50-31-30-43(36-57(50)64)47-22-8-7-20-45(47)41-16-3-1-4-17-41/h1-38H. The Labute approximate surface area is 370 Å². The summed E-state index contributed by atoms with van der Waals surface area (Å²) >= 11 is 0. The molecule has 4 heteroatoms. The van der Waals surface area contributed by atoms with Crippen molar-refractivity contribution in [2.75, 3.05) is 0 Å². The zero-order valence-electron chi connectivity index (χ0n) is 34.7. The molecule has 0 bridgehead atoms. The van der Waals surface area contributed by atoms with Crippen LogP contribution >= 0.6 is 0 Å². The lowest BCUT2D eigenvalue weighted by Gasteiger charge is -2.19. The Hall–Kier alpha value is -8.78. The fourth-order valence-corrected chi connectivity index (χ4v) is 9.88. The van der Waals surface area contributed by atoms with Gasteiger partial charge < -0.3 is 9.13 Å². The average molecular weight is 815 g/mol. The van der Waals surface area contributed by atoms with Gasteiger partial charge in [0, 0.05) is 33.9 Å². The molecule has 64 heavy (non-hydrogen) atoms. The lowest BCUT2D eigenvalue weighted by atomic mass is 9.92. The Morgan fingerprint density at radius 3 is 1.47 bits per heavy atom. The summed E-state index contributed by atoms with van der Waals surface area (Å²) in [4.78, 5) is 4.39. The molecular weight excluding hydrogens is 777 g/mol. The molecule has 0 N–H and O–H groups in total. The van der Waals surface area contributed by atoms with Crippen LogP contribution in [0.1, 0.15) is 5.56 Å². The van der Waals surface area contributed by atoms with Crippen LogP contribution in [-0.4, -0.2) is 14.1 Å². The maximum Gasteiger partial charge on any atom is 0.104 e. The first-order chi connectivity index (χ1) is 31.7. The third-order valence-electron chi connectivity index (χ3n) is 12.7. The molecule has 0 fully saturated rings. The second kappa shape index (κ2) is 15.3. The van der Waals surface area contributed by atoms with E-state index in [0.717, 1.165) is 99.5 Å². The predicted octanol–water partition coefficient (Wildman–Crippen LogP) is 15.5. The monoisotopic (exact) mass is 814 g/mol. The van der Waals surface area contributed by atoms with Crippen LogP contribution in [-0.2, 0) is 0 Å². The van der Waals surface area contributed by atoms with Gasteiger partial charge in [-0.05, 0) is 104 Å². The van der Waals surface area contributed by atoms with E-state index in [-0.39, 0.29) is 0 Å². The van der Waals surface area contributed by atoms with Crippen LogP contribution in [0.15, 0.2) is 231 Å². The maximum absolute atomic E-state index is 11.7. The van der Waals surface area contributed by atoms with Crippen molar-refractivity contribution in [2.45, 2.75) is 0 Å². The molecule has 0 saturated heterocycles. The largest absolute Gasteiger partial charge is 0.308 e. The van der Waals surface area contributed by atoms with E-state index in [1.54, 1.807) is 0 Å². The SMILES string of the molecule is N#Cc1c(-n2c3ccccc3c3ccc(-c4ccccc4-c4ccccc4)cc32)cc(-c2ccncc2)cc1-n1c2ccccc2c2c(-c3ccccc3-c3ccccc3)cccc21. The number of nitrogens with zero attached hydrogens (tertiary/aromatic N) is 4. The van der Waals surface area contributed by atoms with Crippen molar-refractivity contribution in [3.05, 3.63) is 236 Å². The molecule has 0 amide bonds.